The Morgan fingerprint density at radius 2 is 2.00 bits per heavy atom. The van der Waals surface area contributed by atoms with E-state index in [1.807, 2.05) is 25.1 Å². The van der Waals surface area contributed by atoms with Crippen LogP contribution in [0, 0.1) is 25.2 Å². The largest absolute Gasteiger partial charge is 0.240 e. The van der Waals surface area contributed by atoms with E-state index in [2.05, 4.69) is 24.0 Å². The fourth-order valence-corrected chi connectivity index (χ4v) is 2.38. The summed E-state index contributed by atoms with van der Waals surface area (Å²) in [7, 11) is 0. The fraction of sp³-hybridized carbons (Fsp3) is 0.167. The van der Waals surface area contributed by atoms with Gasteiger partial charge in [0.1, 0.15) is 16.0 Å². The lowest BCUT2D eigenvalue weighted by atomic mass is 10.1. The zero-order valence-electron chi connectivity index (χ0n) is 8.61. The topological polar surface area (TPSA) is 36.7 Å². The predicted octanol–water partition coefficient (Wildman–Crippen LogP) is 3.30. The molecule has 3 heteroatoms. The third-order valence-electron chi connectivity index (χ3n) is 2.27. The molecular weight excluding hydrogens is 204 g/mol. The zero-order chi connectivity index (χ0) is 10.8. The van der Waals surface area contributed by atoms with Crippen molar-refractivity contribution in [2.75, 3.05) is 0 Å². The second-order valence-corrected chi connectivity index (χ2v) is 4.36. The van der Waals surface area contributed by atoms with E-state index < -0.39 is 0 Å². The van der Waals surface area contributed by atoms with Crippen LogP contribution in [0.25, 0.3) is 10.6 Å². The zero-order valence-corrected chi connectivity index (χ0v) is 9.43. The maximum atomic E-state index is 8.87. The number of hydrogen-bond acceptors (Lipinski definition) is 3. The molecule has 2 aromatic rings. The Morgan fingerprint density at radius 3 is 2.60 bits per heavy atom. The predicted molar refractivity (Wildman–Crippen MR) is 61.7 cm³/mol. The molecule has 1 aromatic heterocycles. The molecule has 1 heterocycles. The fourth-order valence-electron chi connectivity index (χ4n) is 1.43. The molecule has 0 bridgehead atoms. The standard InChI is InChI=1S/C12H10N2S/c1-8-5-3-4-6-10(8)12-14-9(2)11(7-13)15-12/h3-6H,1-2H3. The highest BCUT2D eigenvalue weighted by atomic mass is 32.1. The monoisotopic (exact) mass is 214 g/mol. The van der Waals surface area contributed by atoms with Crippen molar-refractivity contribution in [1.29, 1.82) is 5.26 Å². The van der Waals surface area contributed by atoms with Crippen LogP contribution in [0.2, 0.25) is 0 Å². The third-order valence-corrected chi connectivity index (χ3v) is 3.37. The molecule has 0 aliphatic carbocycles. The van der Waals surface area contributed by atoms with Crippen LogP contribution >= 0.6 is 11.3 Å². The molecule has 0 radical (unpaired) electrons. The minimum Gasteiger partial charge on any atom is -0.240 e. The highest BCUT2D eigenvalue weighted by Gasteiger charge is 2.09. The van der Waals surface area contributed by atoms with Crippen molar-refractivity contribution in [3.05, 3.63) is 40.4 Å². The maximum Gasteiger partial charge on any atom is 0.128 e. The second kappa shape index (κ2) is 3.84. The summed E-state index contributed by atoms with van der Waals surface area (Å²) in [4.78, 5) is 5.11. The summed E-state index contributed by atoms with van der Waals surface area (Å²) in [6, 6.07) is 10.2. The first-order chi connectivity index (χ1) is 7.22. The molecule has 0 saturated heterocycles. The Labute approximate surface area is 92.8 Å². The van der Waals surface area contributed by atoms with Gasteiger partial charge in [0.15, 0.2) is 0 Å². The molecule has 2 nitrogen and oxygen atoms in total. The van der Waals surface area contributed by atoms with Crippen molar-refractivity contribution in [3.63, 3.8) is 0 Å². The Morgan fingerprint density at radius 1 is 1.27 bits per heavy atom. The van der Waals surface area contributed by atoms with Gasteiger partial charge in [0.05, 0.1) is 5.69 Å². The molecule has 0 fully saturated rings. The molecule has 0 atom stereocenters. The highest BCUT2D eigenvalue weighted by molar-refractivity contribution is 7.15. The van der Waals surface area contributed by atoms with Crippen LogP contribution in [0.1, 0.15) is 16.1 Å². The second-order valence-electron chi connectivity index (χ2n) is 3.36. The summed E-state index contributed by atoms with van der Waals surface area (Å²) in [5.74, 6) is 0. The van der Waals surface area contributed by atoms with Crippen LogP contribution in [-0.2, 0) is 0 Å². The average molecular weight is 214 g/mol. The van der Waals surface area contributed by atoms with Crippen LogP contribution in [0.5, 0.6) is 0 Å². The van der Waals surface area contributed by atoms with Crippen LogP contribution in [-0.4, -0.2) is 4.98 Å². The van der Waals surface area contributed by atoms with E-state index in [1.54, 1.807) is 0 Å². The number of aromatic nitrogens is 1. The SMILES string of the molecule is Cc1ccccc1-c1nc(C)c(C#N)s1. The van der Waals surface area contributed by atoms with Gasteiger partial charge in [-0.1, -0.05) is 24.3 Å². The molecular formula is C12H10N2S. The van der Waals surface area contributed by atoms with Crippen molar-refractivity contribution in [2.45, 2.75) is 13.8 Å². The first-order valence-corrected chi connectivity index (χ1v) is 5.47. The Balaban J connectivity index is 2.56. The summed E-state index contributed by atoms with van der Waals surface area (Å²) >= 11 is 1.45. The van der Waals surface area contributed by atoms with Crippen LogP contribution in [0.4, 0.5) is 0 Å². The van der Waals surface area contributed by atoms with Crippen LogP contribution < -0.4 is 0 Å². The minimum atomic E-state index is 0.702. The summed E-state index contributed by atoms with van der Waals surface area (Å²) in [6.07, 6.45) is 0. The lowest BCUT2D eigenvalue weighted by Crippen LogP contribution is -1.81. The Kier molecular flexibility index (Phi) is 2.53. The molecule has 0 amide bonds. The molecule has 0 aliphatic rings. The molecule has 1 aromatic carbocycles. The number of thiazole rings is 1. The van der Waals surface area contributed by atoms with Gasteiger partial charge in [0, 0.05) is 5.56 Å². The highest BCUT2D eigenvalue weighted by Crippen LogP contribution is 2.29. The van der Waals surface area contributed by atoms with Gasteiger partial charge in [-0.15, -0.1) is 11.3 Å². The minimum absolute atomic E-state index is 0.702. The maximum absolute atomic E-state index is 8.87. The molecule has 15 heavy (non-hydrogen) atoms. The van der Waals surface area contributed by atoms with Gasteiger partial charge in [-0.3, -0.25) is 0 Å². The van der Waals surface area contributed by atoms with Gasteiger partial charge >= 0.3 is 0 Å². The lowest BCUT2D eigenvalue weighted by molar-refractivity contribution is 1.25. The van der Waals surface area contributed by atoms with E-state index in [-0.39, 0.29) is 0 Å². The number of rotatable bonds is 1. The Hall–Kier alpha value is -1.66. The van der Waals surface area contributed by atoms with Gasteiger partial charge in [0.25, 0.3) is 0 Å². The van der Waals surface area contributed by atoms with Crippen LogP contribution in [0.15, 0.2) is 24.3 Å². The van der Waals surface area contributed by atoms with Gasteiger partial charge < -0.3 is 0 Å². The first-order valence-electron chi connectivity index (χ1n) is 4.66. The smallest absolute Gasteiger partial charge is 0.128 e. The molecule has 74 valence electrons. The summed E-state index contributed by atoms with van der Waals surface area (Å²) in [5, 5.41) is 9.80. The van der Waals surface area contributed by atoms with E-state index in [1.165, 1.54) is 16.9 Å². The molecule has 0 spiro atoms. The molecule has 0 saturated carbocycles. The quantitative estimate of drug-likeness (QED) is 0.730. The first kappa shape index (κ1) is 9.88. The van der Waals surface area contributed by atoms with Crippen molar-refractivity contribution in [1.82, 2.24) is 4.98 Å². The number of aryl methyl sites for hydroxylation is 2. The summed E-state index contributed by atoms with van der Waals surface area (Å²) < 4.78 is 0. The molecule has 0 N–H and O–H groups in total. The average Bonchev–Trinajstić information content (AvgIpc) is 2.60. The van der Waals surface area contributed by atoms with E-state index in [0.29, 0.717) is 4.88 Å². The van der Waals surface area contributed by atoms with Crippen molar-refractivity contribution in [2.24, 2.45) is 0 Å². The van der Waals surface area contributed by atoms with Crippen molar-refractivity contribution in [3.8, 4) is 16.6 Å². The van der Waals surface area contributed by atoms with E-state index >= 15 is 0 Å². The van der Waals surface area contributed by atoms with E-state index in [4.69, 9.17) is 5.26 Å². The molecule has 2 rings (SSSR count). The van der Waals surface area contributed by atoms with Gasteiger partial charge in [-0.25, -0.2) is 4.98 Å². The van der Waals surface area contributed by atoms with E-state index in [0.717, 1.165) is 16.3 Å². The number of benzene rings is 1. The Bertz CT molecular complexity index is 535. The summed E-state index contributed by atoms with van der Waals surface area (Å²) in [6.45, 7) is 3.93. The molecule has 0 unspecified atom stereocenters. The lowest BCUT2D eigenvalue weighted by Gasteiger charge is -1.99. The van der Waals surface area contributed by atoms with Gasteiger partial charge in [-0.05, 0) is 19.4 Å². The van der Waals surface area contributed by atoms with Gasteiger partial charge in [-0.2, -0.15) is 5.26 Å². The number of nitrogens with zero attached hydrogens (tertiary/aromatic N) is 2. The normalized spacial score (nSPS) is 9.93. The third kappa shape index (κ3) is 1.77. The summed E-state index contributed by atoms with van der Waals surface area (Å²) in [5.41, 5.74) is 3.13. The van der Waals surface area contributed by atoms with Gasteiger partial charge in [0.2, 0.25) is 0 Å². The van der Waals surface area contributed by atoms with E-state index in [9.17, 15) is 0 Å². The van der Waals surface area contributed by atoms with Crippen LogP contribution in [0.3, 0.4) is 0 Å². The number of nitriles is 1. The number of hydrogen-bond donors (Lipinski definition) is 0. The molecule has 0 aliphatic heterocycles. The van der Waals surface area contributed by atoms with Crippen molar-refractivity contribution >= 4 is 11.3 Å². The van der Waals surface area contributed by atoms with Crippen molar-refractivity contribution < 1.29 is 0 Å².